The third kappa shape index (κ3) is 10.3. The Morgan fingerprint density at radius 3 is 2.01 bits per heavy atom. The Bertz CT molecular complexity index is 2300. The summed E-state index contributed by atoms with van der Waals surface area (Å²) in [6, 6.07) is 8.31. The Morgan fingerprint density at radius 1 is 0.687 bits per heavy atom. The van der Waals surface area contributed by atoms with Crippen LogP contribution in [-0.4, -0.2) is 190 Å². The molecular formula is C43H50O24. The zero-order valence-corrected chi connectivity index (χ0v) is 35.3. The molecule has 4 aliphatic heterocycles. The van der Waals surface area contributed by atoms with Gasteiger partial charge in [-0.15, -0.1) is 0 Å². The highest BCUT2D eigenvalue weighted by molar-refractivity contribution is 5.87. The Kier molecular flexibility index (Phi) is 14.9. The molecule has 7 rings (SSSR count). The molecule has 4 heterocycles. The third-order valence-electron chi connectivity index (χ3n) is 11.4. The van der Waals surface area contributed by atoms with Crippen molar-refractivity contribution >= 4 is 18.1 Å². The molecule has 0 bridgehead atoms. The minimum atomic E-state index is -2.01. The Labute approximate surface area is 379 Å². The van der Waals surface area contributed by atoms with Crippen LogP contribution >= 0.6 is 0 Å². The van der Waals surface area contributed by atoms with E-state index in [1.165, 1.54) is 50.5 Å². The normalized spacial score (nSPS) is 34.1. The number of hydrogen-bond acceptors (Lipinski definition) is 24. The number of hydrogen-bond donors (Lipinski definition) is 14. The molecule has 0 aromatic heterocycles. The second-order valence-electron chi connectivity index (χ2n) is 15.9. The number of esters is 1. The van der Waals surface area contributed by atoms with E-state index in [0.717, 1.165) is 24.3 Å². The van der Waals surface area contributed by atoms with Gasteiger partial charge in [-0.3, -0.25) is 0 Å². The van der Waals surface area contributed by atoms with Crippen molar-refractivity contribution in [3.8, 4) is 46.0 Å². The first-order valence-corrected chi connectivity index (χ1v) is 20.5. The molecule has 16 atom stereocenters. The summed E-state index contributed by atoms with van der Waals surface area (Å²) in [5.74, 6) is -4.48. The van der Waals surface area contributed by atoms with Crippen molar-refractivity contribution in [3.63, 3.8) is 0 Å². The maximum atomic E-state index is 12.6. The molecule has 366 valence electrons. The molecule has 24 heteroatoms. The summed E-state index contributed by atoms with van der Waals surface area (Å²) in [5, 5.41) is 147. The van der Waals surface area contributed by atoms with Crippen LogP contribution in [0.2, 0.25) is 0 Å². The van der Waals surface area contributed by atoms with E-state index in [1.54, 1.807) is 0 Å². The van der Waals surface area contributed by atoms with Gasteiger partial charge in [-0.1, -0.05) is 6.07 Å². The van der Waals surface area contributed by atoms with E-state index in [4.69, 9.17) is 42.6 Å². The Balaban J connectivity index is 1.10. The zero-order chi connectivity index (χ0) is 48.6. The van der Waals surface area contributed by atoms with E-state index in [0.29, 0.717) is 5.56 Å². The summed E-state index contributed by atoms with van der Waals surface area (Å²) in [6.45, 7) is -0.0742. The van der Waals surface area contributed by atoms with Crippen molar-refractivity contribution < 1.29 is 119 Å². The maximum Gasteiger partial charge on any atom is 0.331 e. The third-order valence-corrected chi connectivity index (χ3v) is 11.4. The standard InChI is InChI=1S/C43H50O24/c1-15-39(67-29(49)6-4-16-3-5-20(46)21(47)7-16)35(55)38(58)41(61-15)60-14-28-32(52)34(54)37(57)43(66-28)64-26-12-19-23(62-40(26)17-8-22(48)30(50)25(9-17)59-2)10-18(45)11-24(19)63-42-36(56)33(53)31(51)27(13-44)65-42/h3-12,15,27-28,31-48,50-58H,13-14H2,1-2H3/b6-4+/t15-,27-,28-,31-,32-,33+,34+,35+,36-,37-,38-,39+,40?,41-,42-,43-/m1/s1. The average Bonchev–Trinajstić information content (AvgIpc) is 3.30. The van der Waals surface area contributed by atoms with E-state index in [1.807, 2.05) is 0 Å². The number of ether oxygens (including phenoxy) is 9. The summed E-state index contributed by atoms with van der Waals surface area (Å²) in [7, 11) is 1.20. The fourth-order valence-corrected chi connectivity index (χ4v) is 7.63. The van der Waals surface area contributed by atoms with Gasteiger partial charge in [-0.05, 0) is 48.9 Å². The van der Waals surface area contributed by atoms with Crippen LogP contribution in [0.15, 0.2) is 54.3 Å². The van der Waals surface area contributed by atoms with E-state index < -0.39 is 140 Å². The second kappa shape index (κ2) is 20.3. The average molecular weight is 951 g/mol. The highest BCUT2D eigenvalue weighted by atomic mass is 16.7. The van der Waals surface area contributed by atoms with Gasteiger partial charge in [0.15, 0.2) is 41.5 Å². The molecule has 14 N–H and O–H groups in total. The molecule has 3 saturated heterocycles. The van der Waals surface area contributed by atoms with Crippen LogP contribution in [0.4, 0.5) is 0 Å². The number of aliphatic hydroxyl groups excluding tert-OH is 9. The molecule has 4 aliphatic rings. The van der Waals surface area contributed by atoms with E-state index in [-0.39, 0.29) is 39.9 Å². The van der Waals surface area contributed by atoms with Crippen LogP contribution in [0, 0.1) is 0 Å². The predicted octanol–water partition coefficient (Wildman–Crippen LogP) is -2.19. The molecule has 0 spiro atoms. The monoisotopic (exact) mass is 950 g/mol. The quantitative estimate of drug-likeness (QED) is 0.0491. The van der Waals surface area contributed by atoms with Gasteiger partial charge < -0.3 is 114 Å². The van der Waals surface area contributed by atoms with Crippen molar-refractivity contribution in [2.24, 2.45) is 0 Å². The zero-order valence-electron chi connectivity index (χ0n) is 35.3. The van der Waals surface area contributed by atoms with Crippen molar-refractivity contribution in [1.29, 1.82) is 0 Å². The van der Waals surface area contributed by atoms with Crippen LogP contribution in [0.25, 0.3) is 12.2 Å². The van der Waals surface area contributed by atoms with Gasteiger partial charge in [0.25, 0.3) is 0 Å². The minimum absolute atomic E-state index is 0.0308. The van der Waals surface area contributed by atoms with Crippen LogP contribution < -0.4 is 14.2 Å². The largest absolute Gasteiger partial charge is 0.508 e. The Hall–Kier alpha value is -5.71. The van der Waals surface area contributed by atoms with Crippen LogP contribution in [-0.2, 0) is 33.2 Å². The lowest BCUT2D eigenvalue weighted by atomic mass is 9.97. The molecule has 0 radical (unpaired) electrons. The van der Waals surface area contributed by atoms with E-state index in [2.05, 4.69) is 0 Å². The van der Waals surface area contributed by atoms with E-state index in [9.17, 15) is 76.3 Å². The van der Waals surface area contributed by atoms with Crippen molar-refractivity contribution in [2.75, 3.05) is 20.3 Å². The van der Waals surface area contributed by atoms with Gasteiger partial charge in [0.2, 0.25) is 18.3 Å². The van der Waals surface area contributed by atoms with Gasteiger partial charge in [0.05, 0.1) is 32.0 Å². The van der Waals surface area contributed by atoms with Crippen LogP contribution in [0.1, 0.15) is 29.7 Å². The number of carbonyl (C=O) groups excluding carboxylic acids is 1. The smallest absolute Gasteiger partial charge is 0.331 e. The summed E-state index contributed by atoms with van der Waals surface area (Å²) in [6.07, 6.45) is -23.7. The molecular weight excluding hydrogens is 900 g/mol. The SMILES string of the molecule is COc1cc(C2Oc3cc(O)cc(O[C@@H]4O[C@H](CO)[C@@H](O)[C@H](O)[C@H]4O)c3C=C2O[C@@H]2O[C@H](CO[C@@H]3O[C@H](C)[C@H](OC(=O)/C=C/c4ccc(O)c(O)c4)[C@@H](O)[C@H]3O)[C@@H](O)[C@H](O)[C@H]2O)cc(O)c1O. The summed E-state index contributed by atoms with van der Waals surface area (Å²) in [5.41, 5.74) is 0.313. The van der Waals surface area contributed by atoms with Crippen LogP contribution in [0.3, 0.4) is 0 Å². The number of methoxy groups -OCH3 is 1. The van der Waals surface area contributed by atoms with Crippen LogP contribution in [0.5, 0.6) is 46.0 Å². The topological polar surface area (TPSA) is 383 Å². The number of benzene rings is 3. The maximum absolute atomic E-state index is 12.6. The lowest BCUT2D eigenvalue weighted by Gasteiger charge is -2.43. The summed E-state index contributed by atoms with van der Waals surface area (Å²) < 4.78 is 51.4. The lowest BCUT2D eigenvalue weighted by Crippen LogP contribution is -2.61. The summed E-state index contributed by atoms with van der Waals surface area (Å²) >= 11 is 0. The lowest BCUT2D eigenvalue weighted by molar-refractivity contribution is -0.325. The van der Waals surface area contributed by atoms with Crippen molar-refractivity contribution in [1.82, 2.24) is 0 Å². The second-order valence-corrected chi connectivity index (χ2v) is 15.9. The molecule has 0 amide bonds. The van der Waals surface area contributed by atoms with Gasteiger partial charge in [0.1, 0.15) is 84.0 Å². The minimum Gasteiger partial charge on any atom is -0.508 e. The molecule has 3 aromatic carbocycles. The first-order chi connectivity index (χ1) is 31.8. The first-order valence-electron chi connectivity index (χ1n) is 20.5. The number of aromatic hydroxyl groups is 5. The van der Waals surface area contributed by atoms with Gasteiger partial charge in [-0.2, -0.15) is 0 Å². The first kappa shape index (κ1) is 49.2. The molecule has 1 unspecified atom stereocenters. The number of fused-ring (bicyclic) bond motifs is 1. The molecule has 0 aliphatic carbocycles. The number of aliphatic hydroxyl groups is 9. The van der Waals surface area contributed by atoms with Gasteiger partial charge in [-0.25, -0.2) is 4.79 Å². The molecule has 3 fully saturated rings. The summed E-state index contributed by atoms with van der Waals surface area (Å²) in [4.78, 5) is 12.6. The van der Waals surface area contributed by atoms with Crippen molar-refractivity contribution in [3.05, 3.63) is 71.0 Å². The molecule has 0 saturated carbocycles. The van der Waals surface area contributed by atoms with Gasteiger partial charge in [0, 0.05) is 23.8 Å². The Morgan fingerprint density at radius 2 is 1.34 bits per heavy atom. The number of phenolic OH excluding ortho intramolecular Hbond substituents is 5. The molecule has 3 aromatic rings. The molecule has 67 heavy (non-hydrogen) atoms. The van der Waals surface area contributed by atoms with Crippen molar-refractivity contribution in [2.45, 2.75) is 105 Å². The highest BCUT2D eigenvalue weighted by Gasteiger charge is 2.50. The molecule has 24 nitrogen and oxygen atoms in total. The van der Waals surface area contributed by atoms with E-state index >= 15 is 0 Å². The number of phenols is 5. The predicted molar refractivity (Wildman–Crippen MR) is 219 cm³/mol. The fraction of sp³-hybridized carbons (Fsp3) is 0.465. The highest BCUT2D eigenvalue weighted by Crippen LogP contribution is 2.48. The number of carbonyl (C=O) groups is 1. The fourth-order valence-electron chi connectivity index (χ4n) is 7.63. The number of rotatable bonds is 13. The van der Waals surface area contributed by atoms with Gasteiger partial charge >= 0.3 is 5.97 Å².